The summed E-state index contributed by atoms with van der Waals surface area (Å²) < 4.78 is 5.61. The number of H-pyrrole nitrogens is 1. The highest BCUT2D eigenvalue weighted by atomic mass is 16.5. The second-order valence-electron chi connectivity index (χ2n) is 11.3. The molecule has 9 heteroatoms. The smallest absolute Gasteiger partial charge is 0.227 e. The zero-order chi connectivity index (χ0) is 24.6. The minimum absolute atomic E-state index is 0.118. The quantitative estimate of drug-likeness (QED) is 0.534. The zero-order valence-electron chi connectivity index (χ0n) is 21.5. The van der Waals surface area contributed by atoms with Crippen molar-refractivity contribution in [2.45, 2.75) is 94.8 Å². The molecule has 2 unspecified atom stereocenters. The molecular weight excluding hydrogens is 454 g/mol. The minimum atomic E-state index is 0.118. The van der Waals surface area contributed by atoms with Crippen molar-refractivity contribution in [3.05, 3.63) is 23.5 Å². The predicted octanol–water partition coefficient (Wildman–Crippen LogP) is 3.94. The number of anilines is 3. The highest BCUT2D eigenvalue weighted by Gasteiger charge is 2.47. The summed E-state index contributed by atoms with van der Waals surface area (Å²) in [5.74, 6) is 3.29. The third kappa shape index (κ3) is 4.87. The standard InChI is InChI=1S/C27H39N7O2/c1-17-12-26(32-31-17)29-25-15-23(18-8-10-36-11-9-18)28-27(30-25)33(2)22-13-20-4-3-5-21(14-22)34(20)24(16-35)19-6-7-19/h12,15-16,18-22,24H,3-11,13-14H2,1-2H3,(H2,28,29,30,31,32)/t20-,21+,22?,24?. The van der Waals surface area contributed by atoms with Gasteiger partial charge in [0, 0.05) is 62.1 Å². The predicted molar refractivity (Wildman–Crippen MR) is 139 cm³/mol. The monoisotopic (exact) mass is 493 g/mol. The molecule has 3 saturated heterocycles. The van der Waals surface area contributed by atoms with Gasteiger partial charge in [-0.2, -0.15) is 10.1 Å². The number of aromatic amines is 1. The number of hydrogen-bond acceptors (Lipinski definition) is 8. The van der Waals surface area contributed by atoms with Crippen LogP contribution in [-0.4, -0.2) is 75.8 Å². The van der Waals surface area contributed by atoms with Gasteiger partial charge in [0.25, 0.3) is 0 Å². The van der Waals surface area contributed by atoms with Gasteiger partial charge >= 0.3 is 0 Å². The fraction of sp³-hybridized carbons (Fsp3) is 0.704. The van der Waals surface area contributed by atoms with Gasteiger partial charge in [-0.05, 0) is 64.2 Å². The molecule has 0 aromatic carbocycles. The van der Waals surface area contributed by atoms with Gasteiger partial charge in [0.15, 0.2) is 5.82 Å². The molecule has 4 fully saturated rings. The number of carbonyl (C=O) groups excluding carboxylic acids is 1. The van der Waals surface area contributed by atoms with E-state index in [1.807, 2.05) is 13.0 Å². The maximum absolute atomic E-state index is 12.0. The van der Waals surface area contributed by atoms with Crippen LogP contribution in [0.15, 0.2) is 12.1 Å². The third-order valence-corrected chi connectivity index (χ3v) is 8.79. The summed E-state index contributed by atoms with van der Waals surface area (Å²) in [4.78, 5) is 27.0. The molecule has 1 aliphatic carbocycles. The van der Waals surface area contributed by atoms with Crippen molar-refractivity contribution in [3.8, 4) is 0 Å². The number of hydrogen-bond donors (Lipinski definition) is 2. The Morgan fingerprint density at radius 3 is 2.47 bits per heavy atom. The first-order valence-corrected chi connectivity index (χ1v) is 13.8. The van der Waals surface area contributed by atoms with Crippen molar-refractivity contribution in [2.24, 2.45) is 5.92 Å². The van der Waals surface area contributed by atoms with E-state index in [4.69, 9.17) is 14.7 Å². The lowest BCUT2D eigenvalue weighted by Gasteiger charge is -2.52. The molecule has 5 heterocycles. The summed E-state index contributed by atoms with van der Waals surface area (Å²) in [5.41, 5.74) is 2.09. The molecule has 2 N–H and O–H groups in total. The molecule has 2 bridgehead atoms. The van der Waals surface area contributed by atoms with E-state index < -0.39 is 0 Å². The first kappa shape index (κ1) is 23.9. The number of aldehydes is 1. The van der Waals surface area contributed by atoms with Gasteiger partial charge in [-0.1, -0.05) is 6.42 Å². The fourth-order valence-corrected chi connectivity index (χ4v) is 6.71. The first-order valence-electron chi connectivity index (χ1n) is 13.8. The highest BCUT2D eigenvalue weighted by Crippen LogP contribution is 2.43. The van der Waals surface area contributed by atoms with E-state index in [9.17, 15) is 4.79 Å². The van der Waals surface area contributed by atoms with E-state index >= 15 is 0 Å². The maximum atomic E-state index is 12.0. The molecule has 2 aromatic rings. The van der Waals surface area contributed by atoms with Gasteiger partial charge in [0.1, 0.15) is 12.1 Å². The Labute approximate surface area is 213 Å². The van der Waals surface area contributed by atoms with Crippen molar-refractivity contribution in [2.75, 3.05) is 30.5 Å². The number of aromatic nitrogens is 4. The molecule has 3 aliphatic heterocycles. The number of nitrogens with zero attached hydrogens (tertiary/aromatic N) is 5. The Morgan fingerprint density at radius 1 is 1.08 bits per heavy atom. The van der Waals surface area contributed by atoms with Crippen molar-refractivity contribution < 1.29 is 9.53 Å². The largest absolute Gasteiger partial charge is 0.381 e. The average Bonchev–Trinajstić information content (AvgIpc) is 3.65. The van der Waals surface area contributed by atoms with Crippen molar-refractivity contribution in [1.82, 2.24) is 25.1 Å². The zero-order valence-corrected chi connectivity index (χ0v) is 21.5. The van der Waals surface area contributed by atoms with Crippen LogP contribution in [0.4, 0.5) is 17.6 Å². The van der Waals surface area contributed by atoms with E-state index in [0.29, 0.717) is 30.0 Å². The molecule has 194 valence electrons. The third-order valence-electron chi connectivity index (χ3n) is 8.79. The minimum Gasteiger partial charge on any atom is -0.381 e. The summed E-state index contributed by atoms with van der Waals surface area (Å²) >= 11 is 0. The van der Waals surface area contributed by atoms with Crippen molar-refractivity contribution in [3.63, 3.8) is 0 Å². The molecule has 6 rings (SSSR count). The van der Waals surface area contributed by atoms with Crippen LogP contribution in [-0.2, 0) is 9.53 Å². The maximum Gasteiger partial charge on any atom is 0.227 e. The average molecular weight is 494 g/mol. The van der Waals surface area contributed by atoms with Crippen LogP contribution in [0.5, 0.6) is 0 Å². The molecule has 1 saturated carbocycles. The molecule has 0 radical (unpaired) electrons. The number of aryl methyl sites for hydroxylation is 1. The van der Waals surface area contributed by atoms with Crippen LogP contribution in [0.2, 0.25) is 0 Å². The fourth-order valence-electron chi connectivity index (χ4n) is 6.71. The number of ether oxygens (including phenoxy) is 1. The second-order valence-corrected chi connectivity index (χ2v) is 11.3. The summed E-state index contributed by atoms with van der Waals surface area (Å²) in [5, 5.41) is 10.7. The number of piperidine rings is 2. The number of fused-ring (bicyclic) bond motifs is 2. The Bertz CT molecular complexity index is 1050. The van der Waals surface area contributed by atoms with Crippen LogP contribution in [0.3, 0.4) is 0 Å². The summed E-state index contributed by atoms with van der Waals surface area (Å²) in [6.07, 6.45) is 11.4. The van der Waals surface area contributed by atoms with E-state index in [0.717, 1.165) is 67.9 Å². The Balaban J connectivity index is 1.25. The van der Waals surface area contributed by atoms with E-state index in [1.54, 1.807) is 0 Å². The first-order chi connectivity index (χ1) is 17.6. The lowest BCUT2D eigenvalue weighted by Crippen LogP contribution is -2.60. The second kappa shape index (κ2) is 10.1. The summed E-state index contributed by atoms with van der Waals surface area (Å²) in [7, 11) is 2.15. The molecule has 0 spiro atoms. The topological polar surface area (TPSA) is 99.3 Å². The number of nitrogens with one attached hydrogen (secondary N) is 2. The lowest BCUT2D eigenvalue weighted by molar-refractivity contribution is -0.118. The van der Waals surface area contributed by atoms with Crippen LogP contribution in [0, 0.1) is 12.8 Å². The van der Waals surface area contributed by atoms with Gasteiger partial charge in [0.05, 0.1) is 11.7 Å². The van der Waals surface area contributed by atoms with Crippen LogP contribution < -0.4 is 10.2 Å². The molecule has 4 aliphatic rings. The van der Waals surface area contributed by atoms with Crippen LogP contribution >= 0.6 is 0 Å². The number of rotatable bonds is 8. The molecule has 0 amide bonds. The Morgan fingerprint density at radius 2 is 1.83 bits per heavy atom. The summed E-state index contributed by atoms with van der Waals surface area (Å²) in [6.45, 7) is 3.55. The van der Waals surface area contributed by atoms with Crippen molar-refractivity contribution in [1.29, 1.82) is 0 Å². The normalized spacial score (nSPS) is 28.0. The Kier molecular flexibility index (Phi) is 6.69. The van der Waals surface area contributed by atoms with E-state index in [2.05, 4.69) is 38.4 Å². The SMILES string of the molecule is Cc1cc(Nc2cc(C3CCOCC3)nc(N(C)C3C[C@H]4CCC[C@@H](C3)N4C(C=O)C3CC3)n2)n[nH]1. The molecule has 2 aromatic heterocycles. The van der Waals surface area contributed by atoms with Crippen LogP contribution in [0.25, 0.3) is 0 Å². The molecular formula is C27H39N7O2. The van der Waals surface area contributed by atoms with E-state index in [1.165, 1.54) is 38.4 Å². The van der Waals surface area contributed by atoms with Gasteiger partial charge in [-0.3, -0.25) is 10.00 Å². The van der Waals surface area contributed by atoms with Gasteiger partial charge in [0.2, 0.25) is 5.95 Å². The number of carbonyl (C=O) groups is 1. The molecule has 9 nitrogen and oxygen atoms in total. The van der Waals surface area contributed by atoms with Gasteiger partial charge in [-0.15, -0.1) is 0 Å². The lowest BCUT2D eigenvalue weighted by atomic mass is 9.79. The highest BCUT2D eigenvalue weighted by molar-refractivity contribution is 5.59. The van der Waals surface area contributed by atoms with Crippen molar-refractivity contribution >= 4 is 23.9 Å². The summed E-state index contributed by atoms with van der Waals surface area (Å²) in [6, 6.07) is 5.51. The van der Waals surface area contributed by atoms with Gasteiger partial charge in [-0.25, -0.2) is 4.98 Å². The Hall–Kier alpha value is -2.52. The molecule has 36 heavy (non-hydrogen) atoms. The van der Waals surface area contributed by atoms with E-state index in [-0.39, 0.29) is 6.04 Å². The van der Waals surface area contributed by atoms with Crippen LogP contribution in [0.1, 0.15) is 75.1 Å². The van der Waals surface area contributed by atoms with Gasteiger partial charge < -0.3 is 19.7 Å². The molecule has 4 atom stereocenters.